The molecule has 2 aromatic rings. The van der Waals surface area contributed by atoms with Crippen molar-refractivity contribution < 1.29 is 16.8 Å². The standard InChI is InChI=1S/C23H31N3O4S2/c1-19(2)18-26(20(3)21-8-6-5-7-9-21)32(29,30)23-12-10-22(11-13-23)24-14-16-25(17-15-24)31(4,27)28/h5-13,19H,3,14-18H2,1-2,4H3. The first-order valence-corrected chi connectivity index (χ1v) is 13.9. The molecule has 0 radical (unpaired) electrons. The summed E-state index contributed by atoms with van der Waals surface area (Å²) in [5.74, 6) is 0.121. The summed E-state index contributed by atoms with van der Waals surface area (Å²) in [6.07, 6.45) is 1.22. The maximum absolute atomic E-state index is 13.5. The van der Waals surface area contributed by atoms with E-state index in [-0.39, 0.29) is 10.8 Å². The molecule has 0 N–H and O–H groups in total. The zero-order chi connectivity index (χ0) is 23.5. The monoisotopic (exact) mass is 477 g/mol. The third kappa shape index (κ3) is 5.51. The Kier molecular flexibility index (Phi) is 7.32. The molecule has 1 fully saturated rings. The van der Waals surface area contributed by atoms with Crippen LogP contribution < -0.4 is 4.90 Å². The van der Waals surface area contributed by atoms with Crippen LogP contribution in [0.1, 0.15) is 19.4 Å². The third-order valence-electron chi connectivity index (χ3n) is 5.44. The number of piperazine rings is 1. The second-order valence-corrected chi connectivity index (χ2v) is 12.2. The minimum absolute atomic E-state index is 0.121. The summed E-state index contributed by atoms with van der Waals surface area (Å²) in [6.45, 7) is 10.3. The zero-order valence-electron chi connectivity index (χ0n) is 18.8. The van der Waals surface area contributed by atoms with Crippen LogP contribution in [0.4, 0.5) is 5.69 Å². The highest BCUT2D eigenvalue weighted by Gasteiger charge is 2.28. The van der Waals surface area contributed by atoms with Crippen molar-refractivity contribution in [2.24, 2.45) is 5.92 Å². The molecule has 0 atom stereocenters. The van der Waals surface area contributed by atoms with Gasteiger partial charge in [0.1, 0.15) is 0 Å². The first-order chi connectivity index (χ1) is 15.0. The number of sulfonamides is 2. The number of hydrogen-bond donors (Lipinski definition) is 0. The van der Waals surface area contributed by atoms with E-state index in [1.54, 1.807) is 24.3 Å². The highest BCUT2D eigenvalue weighted by atomic mass is 32.2. The minimum Gasteiger partial charge on any atom is -0.369 e. The van der Waals surface area contributed by atoms with Gasteiger partial charge in [0.05, 0.1) is 16.8 Å². The van der Waals surface area contributed by atoms with Crippen molar-refractivity contribution in [2.75, 3.05) is 43.9 Å². The highest BCUT2D eigenvalue weighted by molar-refractivity contribution is 7.89. The zero-order valence-corrected chi connectivity index (χ0v) is 20.4. The van der Waals surface area contributed by atoms with Crippen LogP contribution in [0.3, 0.4) is 0 Å². The Bertz CT molecular complexity index is 1140. The summed E-state index contributed by atoms with van der Waals surface area (Å²) in [5.41, 5.74) is 2.08. The van der Waals surface area contributed by atoms with Crippen molar-refractivity contribution >= 4 is 31.4 Å². The summed E-state index contributed by atoms with van der Waals surface area (Å²) >= 11 is 0. The van der Waals surface area contributed by atoms with Crippen LogP contribution in [0.15, 0.2) is 66.1 Å². The van der Waals surface area contributed by atoms with Crippen molar-refractivity contribution in [3.05, 3.63) is 66.7 Å². The second kappa shape index (κ2) is 9.64. The molecule has 9 heteroatoms. The molecule has 0 spiro atoms. The number of nitrogens with zero attached hydrogens (tertiary/aromatic N) is 3. The van der Waals surface area contributed by atoms with Crippen LogP contribution >= 0.6 is 0 Å². The summed E-state index contributed by atoms with van der Waals surface area (Å²) in [6, 6.07) is 16.1. The van der Waals surface area contributed by atoms with E-state index in [9.17, 15) is 16.8 Å². The molecule has 174 valence electrons. The van der Waals surface area contributed by atoms with E-state index in [1.807, 2.05) is 44.2 Å². The fourth-order valence-corrected chi connectivity index (χ4v) is 6.14. The molecule has 0 saturated carbocycles. The first-order valence-electron chi connectivity index (χ1n) is 10.6. The van der Waals surface area contributed by atoms with Crippen LogP contribution in [0, 0.1) is 5.92 Å². The van der Waals surface area contributed by atoms with Gasteiger partial charge in [-0.2, -0.15) is 4.31 Å². The molecule has 1 aliphatic heterocycles. The molecule has 32 heavy (non-hydrogen) atoms. The van der Waals surface area contributed by atoms with E-state index >= 15 is 0 Å². The van der Waals surface area contributed by atoms with Crippen LogP contribution in [0.25, 0.3) is 5.70 Å². The Hall–Kier alpha value is -2.36. The lowest BCUT2D eigenvalue weighted by atomic mass is 10.1. The molecule has 1 aliphatic rings. The predicted molar refractivity (Wildman–Crippen MR) is 129 cm³/mol. The quantitative estimate of drug-likeness (QED) is 0.584. The lowest BCUT2D eigenvalue weighted by molar-refractivity contribution is 0.388. The van der Waals surface area contributed by atoms with Gasteiger partial charge >= 0.3 is 0 Å². The number of rotatable bonds is 8. The third-order valence-corrected chi connectivity index (χ3v) is 8.56. The molecular weight excluding hydrogens is 446 g/mol. The van der Waals surface area contributed by atoms with Gasteiger partial charge in [0, 0.05) is 38.4 Å². The summed E-state index contributed by atoms with van der Waals surface area (Å²) < 4.78 is 53.3. The molecule has 0 aromatic heterocycles. The predicted octanol–water partition coefficient (Wildman–Crippen LogP) is 3.09. The van der Waals surface area contributed by atoms with Crippen LogP contribution in [-0.4, -0.2) is 64.4 Å². The molecular formula is C23H31N3O4S2. The molecule has 0 aliphatic carbocycles. The van der Waals surface area contributed by atoms with E-state index in [0.717, 1.165) is 11.3 Å². The van der Waals surface area contributed by atoms with Crippen LogP contribution in [-0.2, 0) is 20.0 Å². The molecule has 0 bridgehead atoms. The van der Waals surface area contributed by atoms with Crippen molar-refractivity contribution in [1.82, 2.24) is 8.61 Å². The van der Waals surface area contributed by atoms with Crippen molar-refractivity contribution in [2.45, 2.75) is 18.7 Å². The van der Waals surface area contributed by atoms with E-state index in [0.29, 0.717) is 38.4 Å². The molecule has 7 nitrogen and oxygen atoms in total. The molecule has 2 aromatic carbocycles. The number of anilines is 1. The van der Waals surface area contributed by atoms with Gasteiger partial charge < -0.3 is 4.90 Å². The van der Waals surface area contributed by atoms with Gasteiger partial charge in [0.25, 0.3) is 10.0 Å². The molecule has 0 unspecified atom stereocenters. The normalized spacial score (nSPS) is 15.7. The van der Waals surface area contributed by atoms with Gasteiger partial charge in [0.2, 0.25) is 10.0 Å². The van der Waals surface area contributed by atoms with Gasteiger partial charge in [-0.15, -0.1) is 0 Å². The summed E-state index contributed by atoms with van der Waals surface area (Å²) in [5, 5.41) is 0. The molecule has 1 heterocycles. The number of hydrogen-bond acceptors (Lipinski definition) is 5. The van der Waals surface area contributed by atoms with Crippen molar-refractivity contribution in [1.29, 1.82) is 0 Å². The Morgan fingerprint density at radius 1 is 0.938 bits per heavy atom. The highest BCUT2D eigenvalue weighted by Crippen LogP contribution is 2.28. The van der Waals surface area contributed by atoms with Crippen LogP contribution in [0.5, 0.6) is 0 Å². The van der Waals surface area contributed by atoms with E-state index < -0.39 is 20.0 Å². The Morgan fingerprint density at radius 3 is 2.00 bits per heavy atom. The molecule has 1 saturated heterocycles. The Morgan fingerprint density at radius 2 is 1.50 bits per heavy atom. The fourth-order valence-electron chi connectivity index (χ4n) is 3.69. The van der Waals surface area contributed by atoms with E-state index in [2.05, 4.69) is 11.5 Å². The van der Waals surface area contributed by atoms with Gasteiger partial charge in [-0.25, -0.2) is 16.8 Å². The Labute approximate surface area is 192 Å². The van der Waals surface area contributed by atoms with Crippen molar-refractivity contribution in [3.8, 4) is 0 Å². The van der Waals surface area contributed by atoms with Gasteiger partial charge in [0.15, 0.2) is 0 Å². The number of benzene rings is 2. The maximum Gasteiger partial charge on any atom is 0.264 e. The van der Waals surface area contributed by atoms with E-state index in [4.69, 9.17) is 0 Å². The topological polar surface area (TPSA) is 78.0 Å². The lowest BCUT2D eigenvalue weighted by Crippen LogP contribution is -2.48. The maximum atomic E-state index is 13.5. The van der Waals surface area contributed by atoms with Gasteiger partial charge in [-0.05, 0) is 35.7 Å². The minimum atomic E-state index is -3.79. The van der Waals surface area contributed by atoms with Crippen molar-refractivity contribution in [3.63, 3.8) is 0 Å². The smallest absolute Gasteiger partial charge is 0.264 e. The average Bonchev–Trinajstić information content (AvgIpc) is 2.77. The van der Waals surface area contributed by atoms with Gasteiger partial charge in [-0.1, -0.05) is 50.8 Å². The Balaban J connectivity index is 1.81. The molecule has 3 rings (SSSR count). The summed E-state index contributed by atoms with van der Waals surface area (Å²) in [7, 11) is -6.99. The first kappa shape index (κ1) is 24.3. The lowest BCUT2D eigenvalue weighted by Gasteiger charge is -2.35. The largest absolute Gasteiger partial charge is 0.369 e. The molecule has 0 amide bonds. The van der Waals surface area contributed by atoms with E-state index in [1.165, 1.54) is 14.9 Å². The summed E-state index contributed by atoms with van der Waals surface area (Å²) in [4.78, 5) is 2.26. The second-order valence-electron chi connectivity index (χ2n) is 8.39. The van der Waals surface area contributed by atoms with Gasteiger partial charge in [-0.3, -0.25) is 4.31 Å². The van der Waals surface area contributed by atoms with Crippen LogP contribution in [0.2, 0.25) is 0 Å². The fraction of sp³-hybridized carbons (Fsp3) is 0.391. The average molecular weight is 478 g/mol. The SMILES string of the molecule is C=C(c1ccccc1)N(CC(C)C)S(=O)(=O)c1ccc(N2CCN(S(C)(=O)=O)CC2)cc1.